The van der Waals surface area contributed by atoms with E-state index in [1.807, 2.05) is 0 Å². The fourth-order valence-corrected chi connectivity index (χ4v) is 6.33. The summed E-state index contributed by atoms with van der Waals surface area (Å²) in [6.45, 7) is 0.420. The molecule has 4 bridgehead atoms. The highest BCUT2D eigenvalue weighted by atomic mass is 19.4. The van der Waals surface area contributed by atoms with E-state index in [2.05, 4.69) is 15.4 Å². The van der Waals surface area contributed by atoms with Gasteiger partial charge in [0, 0.05) is 18.9 Å². The SMILES string of the molecule is Nc1cccnc1-n1cc(C(=O)NCC23CC4CC(CC(C4)C2)C3)c(C(F)(F)F)n1. The minimum absolute atomic E-state index is 0.0320. The number of rotatable bonds is 4. The normalized spacial score (nSPS) is 29.9. The Morgan fingerprint density at radius 1 is 1.20 bits per heavy atom. The van der Waals surface area contributed by atoms with Gasteiger partial charge in [-0.15, -0.1) is 0 Å². The zero-order chi connectivity index (χ0) is 21.1. The molecule has 0 aliphatic heterocycles. The van der Waals surface area contributed by atoms with E-state index >= 15 is 0 Å². The summed E-state index contributed by atoms with van der Waals surface area (Å²) < 4.78 is 41.7. The van der Waals surface area contributed by atoms with Crippen molar-refractivity contribution in [2.24, 2.45) is 23.2 Å². The maximum absolute atomic E-state index is 13.6. The molecule has 9 heteroatoms. The van der Waals surface area contributed by atoms with E-state index in [0.717, 1.165) is 30.1 Å². The number of carbonyl (C=O) groups excluding carboxylic acids is 1. The van der Waals surface area contributed by atoms with Crippen LogP contribution in [0.3, 0.4) is 0 Å². The first-order valence-corrected chi connectivity index (χ1v) is 10.4. The van der Waals surface area contributed by atoms with Gasteiger partial charge in [0.1, 0.15) is 0 Å². The molecule has 3 N–H and O–H groups in total. The van der Waals surface area contributed by atoms with Gasteiger partial charge in [-0.25, -0.2) is 9.67 Å². The molecule has 6 nitrogen and oxygen atoms in total. The molecule has 0 spiro atoms. The summed E-state index contributed by atoms with van der Waals surface area (Å²) >= 11 is 0. The number of alkyl halides is 3. The van der Waals surface area contributed by atoms with Gasteiger partial charge in [0.25, 0.3) is 5.91 Å². The fourth-order valence-electron chi connectivity index (χ4n) is 6.33. The molecule has 160 valence electrons. The third-order valence-corrected chi connectivity index (χ3v) is 7.05. The number of hydrogen-bond acceptors (Lipinski definition) is 4. The highest BCUT2D eigenvalue weighted by Crippen LogP contribution is 2.59. The molecule has 2 aromatic heterocycles. The summed E-state index contributed by atoms with van der Waals surface area (Å²) in [7, 11) is 0. The van der Waals surface area contributed by atoms with Crippen molar-refractivity contribution in [3.05, 3.63) is 35.8 Å². The van der Waals surface area contributed by atoms with Crippen molar-refractivity contribution in [2.45, 2.75) is 44.7 Å². The Bertz CT molecular complexity index is 948. The molecule has 4 saturated carbocycles. The molecule has 2 heterocycles. The second-order valence-corrected chi connectivity index (χ2v) is 9.35. The van der Waals surface area contributed by atoms with Crippen molar-refractivity contribution >= 4 is 11.6 Å². The van der Waals surface area contributed by atoms with Crippen molar-refractivity contribution < 1.29 is 18.0 Å². The molecule has 0 unspecified atom stereocenters. The Morgan fingerprint density at radius 3 is 2.40 bits per heavy atom. The smallest absolute Gasteiger partial charge is 0.396 e. The fraction of sp³-hybridized carbons (Fsp3) is 0.571. The first kappa shape index (κ1) is 19.4. The number of nitrogens with one attached hydrogen (secondary N) is 1. The van der Waals surface area contributed by atoms with Crippen LogP contribution in [0.1, 0.15) is 54.6 Å². The average Bonchev–Trinajstić information content (AvgIpc) is 3.11. The molecule has 4 aliphatic rings. The third-order valence-electron chi connectivity index (χ3n) is 7.05. The van der Waals surface area contributed by atoms with Gasteiger partial charge in [-0.3, -0.25) is 4.79 Å². The van der Waals surface area contributed by atoms with Gasteiger partial charge >= 0.3 is 6.18 Å². The number of aromatic nitrogens is 3. The lowest BCUT2D eigenvalue weighted by Crippen LogP contribution is -2.51. The van der Waals surface area contributed by atoms with Gasteiger partial charge in [-0.2, -0.15) is 18.3 Å². The summed E-state index contributed by atoms with van der Waals surface area (Å²) in [5.41, 5.74) is 4.30. The Hall–Kier alpha value is -2.58. The Balaban J connectivity index is 1.39. The zero-order valence-corrected chi connectivity index (χ0v) is 16.5. The molecule has 4 fully saturated rings. The lowest BCUT2D eigenvalue weighted by Gasteiger charge is -2.56. The first-order chi connectivity index (χ1) is 14.2. The Morgan fingerprint density at radius 2 is 1.83 bits per heavy atom. The van der Waals surface area contributed by atoms with Crippen molar-refractivity contribution in [1.29, 1.82) is 0 Å². The van der Waals surface area contributed by atoms with Gasteiger partial charge in [0.15, 0.2) is 11.5 Å². The van der Waals surface area contributed by atoms with E-state index in [9.17, 15) is 18.0 Å². The number of carbonyl (C=O) groups is 1. The number of nitrogen functional groups attached to an aromatic ring is 1. The van der Waals surface area contributed by atoms with Crippen LogP contribution < -0.4 is 11.1 Å². The molecular weight excluding hydrogens is 395 g/mol. The predicted octanol–water partition coefficient (Wildman–Crippen LogP) is 3.81. The molecule has 2 aromatic rings. The molecule has 0 saturated heterocycles. The van der Waals surface area contributed by atoms with Gasteiger partial charge in [-0.1, -0.05) is 0 Å². The molecule has 1 amide bonds. The monoisotopic (exact) mass is 419 g/mol. The largest absolute Gasteiger partial charge is 0.435 e. The quantitative estimate of drug-likeness (QED) is 0.789. The summed E-state index contributed by atoms with van der Waals surface area (Å²) in [6, 6.07) is 3.09. The van der Waals surface area contributed by atoms with Crippen LogP contribution in [-0.4, -0.2) is 27.2 Å². The number of nitrogens with zero attached hydrogens (tertiary/aromatic N) is 3. The highest BCUT2D eigenvalue weighted by Gasteiger charge is 2.51. The van der Waals surface area contributed by atoms with Crippen LogP contribution in [0.5, 0.6) is 0 Å². The standard InChI is InChI=1S/C21H24F3N5O/c22-21(23,24)17-15(10-29(28-17)18-16(25)2-1-3-26-18)19(30)27-11-20-7-12-4-13(8-20)6-14(5-12)9-20/h1-3,10,12-14H,4-9,11,25H2,(H,27,30). The third kappa shape index (κ3) is 3.33. The van der Waals surface area contributed by atoms with E-state index in [4.69, 9.17) is 5.73 Å². The Kier molecular flexibility index (Phi) is 4.34. The minimum atomic E-state index is -4.76. The van der Waals surface area contributed by atoms with Crippen LogP contribution in [0.15, 0.2) is 24.5 Å². The zero-order valence-electron chi connectivity index (χ0n) is 16.5. The lowest BCUT2D eigenvalue weighted by molar-refractivity contribution is -0.141. The first-order valence-electron chi connectivity index (χ1n) is 10.4. The lowest BCUT2D eigenvalue weighted by atomic mass is 9.49. The number of pyridine rings is 1. The van der Waals surface area contributed by atoms with Crippen LogP contribution in [0.4, 0.5) is 18.9 Å². The molecule has 0 aromatic carbocycles. The summed E-state index contributed by atoms with van der Waals surface area (Å²) in [4.78, 5) is 16.8. The van der Waals surface area contributed by atoms with Gasteiger partial charge in [-0.05, 0) is 73.8 Å². The molecule has 4 aliphatic carbocycles. The number of anilines is 1. The number of hydrogen-bond donors (Lipinski definition) is 2. The molecule has 6 rings (SSSR count). The van der Waals surface area contributed by atoms with E-state index in [1.165, 1.54) is 31.5 Å². The topological polar surface area (TPSA) is 85.8 Å². The molecular formula is C21H24F3N5O. The maximum atomic E-state index is 13.6. The second-order valence-electron chi connectivity index (χ2n) is 9.35. The van der Waals surface area contributed by atoms with Crippen LogP contribution in [0.25, 0.3) is 5.82 Å². The van der Waals surface area contributed by atoms with Crippen molar-refractivity contribution in [3.8, 4) is 5.82 Å². The predicted molar refractivity (Wildman–Crippen MR) is 104 cm³/mol. The number of amides is 1. The highest BCUT2D eigenvalue weighted by molar-refractivity contribution is 5.95. The molecule has 0 atom stereocenters. The van der Waals surface area contributed by atoms with Crippen LogP contribution in [-0.2, 0) is 6.18 Å². The Labute approximate surface area is 172 Å². The van der Waals surface area contributed by atoms with E-state index in [1.54, 1.807) is 6.07 Å². The summed E-state index contributed by atoms with van der Waals surface area (Å²) in [5.74, 6) is 1.42. The van der Waals surface area contributed by atoms with E-state index < -0.39 is 23.3 Å². The van der Waals surface area contributed by atoms with Gasteiger partial charge in [0.05, 0.1) is 11.3 Å². The number of halogens is 3. The number of nitrogens with two attached hydrogens (primary N) is 1. The van der Waals surface area contributed by atoms with Crippen LogP contribution in [0.2, 0.25) is 0 Å². The molecule has 0 radical (unpaired) electrons. The van der Waals surface area contributed by atoms with Gasteiger partial charge in [0.2, 0.25) is 0 Å². The van der Waals surface area contributed by atoms with Crippen LogP contribution in [0, 0.1) is 23.2 Å². The van der Waals surface area contributed by atoms with Crippen molar-refractivity contribution in [3.63, 3.8) is 0 Å². The second kappa shape index (κ2) is 6.72. The molecule has 30 heavy (non-hydrogen) atoms. The van der Waals surface area contributed by atoms with E-state index in [-0.39, 0.29) is 16.9 Å². The van der Waals surface area contributed by atoms with Gasteiger partial charge < -0.3 is 11.1 Å². The maximum Gasteiger partial charge on any atom is 0.435 e. The van der Waals surface area contributed by atoms with Crippen molar-refractivity contribution in [1.82, 2.24) is 20.1 Å². The average molecular weight is 419 g/mol. The van der Waals surface area contributed by atoms with Crippen molar-refractivity contribution in [2.75, 3.05) is 12.3 Å². The summed E-state index contributed by atoms with van der Waals surface area (Å²) in [5, 5.41) is 6.40. The summed E-state index contributed by atoms with van der Waals surface area (Å²) in [6.07, 6.45) is 4.71. The minimum Gasteiger partial charge on any atom is -0.396 e. The van der Waals surface area contributed by atoms with E-state index in [0.29, 0.717) is 24.3 Å². The van der Waals surface area contributed by atoms with Crippen LogP contribution >= 0.6 is 0 Å².